The van der Waals surface area contributed by atoms with Crippen molar-refractivity contribution < 1.29 is 8.78 Å². The third-order valence-corrected chi connectivity index (χ3v) is 2.09. The minimum atomic E-state index is -2.30. The van der Waals surface area contributed by atoms with Crippen molar-refractivity contribution in [3.63, 3.8) is 0 Å². The molecule has 1 nitrogen and oxygen atoms in total. The lowest BCUT2D eigenvalue weighted by Crippen LogP contribution is -2.19. The zero-order chi connectivity index (χ0) is 5.78. The average Bonchev–Trinajstić information content (AvgIpc) is 2.22. The van der Waals surface area contributed by atoms with E-state index < -0.39 is 5.92 Å². The Kier molecular flexibility index (Phi) is 0.615. The summed E-state index contributed by atoms with van der Waals surface area (Å²) in [7, 11) is 0. The van der Waals surface area contributed by atoms with Crippen molar-refractivity contribution in [3.05, 3.63) is 0 Å². The number of hydrogen-bond donors (Lipinski definition) is 1. The van der Waals surface area contributed by atoms with Crippen LogP contribution in [0.4, 0.5) is 8.78 Å². The Bertz CT molecular complexity index is 112. The van der Waals surface area contributed by atoms with Crippen LogP contribution in [-0.4, -0.2) is 19.0 Å². The van der Waals surface area contributed by atoms with Gasteiger partial charge < -0.3 is 5.32 Å². The molecule has 0 aromatic heterocycles. The molecule has 8 heavy (non-hydrogen) atoms. The van der Waals surface area contributed by atoms with E-state index >= 15 is 0 Å². The first-order valence-corrected chi connectivity index (χ1v) is 2.81. The molecule has 0 spiro atoms. The summed E-state index contributed by atoms with van der Waals surface area (Å²) in [6, 6.07) is 0. The lowest BCUT2D eigenvalue weighted by molar-refractivity contribution is 0.0763. The molecule has 46 valence electrons. The molecule has 2 aliphatic rings. The van der Waals surface area contributed by atoms with E-state index in [0.717, 1.165) is 0 Å². The van der Waals surface area contributed by atoms with Gasteiger partial charge in [-0.1, -0.05) is 0 Å². The summed E-state index contributed by atoms with van der Waals surface area (Å²) in [5.74, 6) is -2.93. The first kappa shape index (κ1) is 4.68. The molecule has 2 fully saturated rings. The van der Waals surface area contributed by atoms with Crippen LogP contribution in [0.25, 0.3) is 0 Å². The molecule has 0 radical (unpaired) electrons. The standard InChI is InChI=1S/C5H7F2N/c6-5(7)3-1-8-2-4(3)5/h3-4,8H,1-2H2/t3-,4-/m0/s1. The zero-order valence-corrected chi connectivity index (χ0v) is 4.32. The van der Waals surface area contributed by atoms with Gasteiger partial charge in [-0.2, -0.15) is 0 Å². The normalized spacial score (nSPS) is 48.8. The van der Waals surface area contributed by atoms with Gasteiger partial charge in [0.15, 0.2) is 0 Å². The Hall–Kier alpha value is -0.180. The molecular formula is C5H7F2N. The monoisotopic (exact) mass is 119 g/mol. The van der Waals surface area contributed by atoms with Gasteiger partial charge in [-0.15, -0.1) is 0 Å². The minimum Gasteiger partial charge on any atom is -0.316 e. The molecule has 0 aromatic rings. The van der Waals surface area contributed by atoms with Gasteiger partial charge in [0.05, 0.1) is 0 Å². The van der Waals surface area contributed by atoms with Gasteiger partial charge in [0.2, 0.25) is 0 Å². The fourth-order valence-corrected chi connectivity index (χ4v) is 1.41. The number of nitrogens with one attached hydrogen (secondary N) is 1. The van der Waals surface area contributed by atoms with Crippen molar-refractivity contribution in [2.75, 3.05) is 13.1 Å². The molecule has 1 saturated heterocycles. The van der Waals surface area contributed by atoms with E-state index in [1.54, 1.807) is 0 Å². The number of rotatable bonds is 0. The van der Waals surface area contributed by atoms with Crippen LogP contribution in [0.15, 0.2) is 0 Å². The molecule has 3 heteroatoms. The van der Waals surface area contributed by atoms with Crippen LogP contribution < -0.4 is 5.32 Å². The molecule has 1 heterocycles. The Morgan fingerprint density at radius 2 is 1.75 bits per heavy atom. The lowest BCUT2D eigenvalue weighted by Gasteiger charge is -1.99. The van der Waals surface area contributed by atoms with Crippen LogP contribution in [0.3, 0.4) is 0 Å². The molecule has 0 bridgehead atoms. The van der Waals surface area contributed by atoms with Gasteiger partial charge in [0, 0.05) is 24.9 Å². The third-order valence-electron chi connectivity index (χ3n) is 2.09. The number of fused-ring (bicyclic) bond motifs is 1. The minimum absolute atomic E-state index is 0.317. The van der Waals surface area contributed by atoms with Crippen molar-refractivity contribution in [1.82, 2.24) is 5.32 Å². The van der Waals surface area contributed by atoms with E-state index in [0.29, 0.717) is 13.1 Å². The lowest BCUT2D eigenvalue weighted by atomic mass is 10.4. The Balaban J connectivity index is 2.13. The highest BCUT2D eigenvalue weighted by molar-refractivity contribution is 5.11. The predicted octanol–water partition coefficient (Wildman–Crippen LogP) is 0.471. The maximum Gasteiger partial charge on any atom is 0.257 e. The Labute approximate surface area is 46.1 Å². The molecule has 1 saturated carbocycles. The largest absolute Gasteiger partial charge is 0.316 e. The molecule has 0 aromatic carbocycles. The number of alkyl halides is 2. The molecule has 1 aliphatic heterocycles. The maximum atomic E-state index is 12.2. The number of piperidine rings is 1. The second-order valence-corrected chi connectivity index (χ2v) is 2.55. The van der Waals surface area contributed by atoms with Crippen molar-refractivity contribution >= 4 is 0 Å². The molecule has 0 amide bonds. The second-order valence-electron chi connectivity index (χ2n) is 2.55. The van der Waals surface area contributed by atoms with Gasteiger partial charge in [-0.05, 0) is 0 Å². The molecule has 1 N–H and O–H groups in total. The fraction of sp³-hybridized carbons (Fsp3) is 1.00. The van der Waals surface area contributed by atoms with Gasteiger partial charge in [-0.25, -0.2) is 8.78 Å². The maximum absolute atomic E-state index is 12.2. The average molecular weight is 119 g/mol. The van der Waals surface area contributed by atoms with Crippen LogP contribution in [0.5, 0.6) is 0 Å². The summed E-state index contributed by atoms with van der Waals surface area (Å²) in [5.41, 5.74) is 0. The summed E-state index contributed by atoms with van der Waals surface area (Å²) in [6.07, 6.45) is 0. The Morgan fingerprint density at radius 3 is 2.00 bits per heavy atom. The SMILES string of the molecule is FC1(F)[C@H]2CNC[C@@H]21. The summed E-state index contributed by atoms with van der Waals surface area (Å²) in [5, 5.41) is 2.90. The van der Waals surface area contributed by atoms with E-state index in [4.69, 9.17) is 0 Å². The van der Waals surface area contributed by atoms with Crippen LogP contribution in [0.2, 0.25) is 0 Å². The van der Waals surface area contributed by atoms with Crippen molar-refractivity contribution in [2.24, 2.45) is 11.8 Å². The second kappa shape index (κ2) is 1.05. The smallest absolute Gasteiger partial charge is 0.257 e. The van der Waals surface area contributed by atoms with Gasteiger partial charge in [-0.3, -0.25) is 0 Å². The van der Waals surface area contributed by atoms with Crippen LogP contribution in [-0.2, 0) is 0 Å². The Morgan fingerprint density at radius 1 is 1.25 bits per heavy atom. The van der Waals surface area contributed by atoms with Gasteiger partial charge in [0.1, 0.15) is 0 Å². The molecule has 0 unspecified atom stereocenters. The molecule has 1 aliphatic carbocycles. The van der Waals surface area contributed by atoms with E-state index in [1.807, 2.05) is 0 Å². The predicted molar refractivity (Wildman–Crippen MR) is 24.8 cm³/mol. The van der Waals surface area contributed by atoms with Crippen molar-refractivity contribution in [1.29, 1.82) is 0 Å². The highest BCUT2D eigenvalue weighted by Gasteiger charge is 2.69. The van der Waals surface area contributed by atoms with Crippen LogP contribution in [0.1, 0.15) is 0 Å². The van der Waals surface area contributed by atoms with E-state index in [2.05, 4.69) is 5.32 Å². The van der Waals surface area contributed by atoms with E-state index in [9.17, 15) is 8.78 Å². The molecule has 2 rings (SSSR count). The molecular weight excluding hydrogens is 112 g/mol. The highest BCUT2D eigenvalue weighted by Crippen LogP contribution is 2.56. The summed E-state index contributed by atoms with van der Waals surface area (Å²) in [4.78, 5) is 0. The van der Waals surface area contributed by atoms with E-state index in [-0.39, 0.29) is 11.8 Å². The zero-order valence-electron chi connectivity index (χ0n) is 4.32. The number of halogens is 2. The quantitative estimate of drug-likeness (QED) is 0.488. The molecule has 2 atom stereocenters. The van der Waals surface area contributed by atoms with Crippen LogP contribution in [0, 0.1) is 11.8 Å². The third kappa shape index (κ3) is 0.344. The van der Waals surface area contributed by atoms with Crippen molar-refractivity contribution in [2.45, 2.75) is 5.92 Å². The summed E-state index contributed by atoms with van der Waals surface area (Å²) >= 11 is 0. The van der Waals surface area contributed by atoms with Crippen molar-refractivity contribution in [3.8, 4) is 0 Å². The first-order chi connectivity index (χ1) is 3.73. The fourth-order valence-electron chi connectivity index (χ4n) is 1.41. The highest BCUT2D eigenvalue weighted by atomic mass is 19.3. The van der Waals surface area contributed by atoms with Gasteiger partial charge in [0.25, 0.3) is 5.92 Å². The topological polar surface area (TPSA) is 12.0 Å². The van der Waals surface area contributed by atoms with Crippen LogP contribution >= 0.6 is 0 Å². The van der Waals surface area contributed by atoms with E-state index in [1.165, 1.54) is 0 Å². The summed E-state index contributed by atoms with van der Waals surface area (Å²) < 4.78 is 24.4. The summed E-state index contributed by atoms with van der Waals surface area (Å²) in [6.45, 7) is 1.05. The number of hydrogen-bond acceptors (Lipinski definition) is 1. The first-order valence-electron chi connectivity index (χ1n) is 2.81. The van der Waals surface area contributed by atoms with Gasteiger partial charge >= 0.3 is 0 Å².